The Labute approximate surface area is 120 Å². The predicted octanol–water partition coefficient (Wildman–Crippen LogP) is 2.40. The van der Waals surface area contributed by atoms with Gasteiger partial charge >= 0.3 is 5.97 Å². The highest BCUT2D eigenvalue weighted by Crippen LogP contribution is 2.21. The minimum absolute atomic E-state index is 0.187. The van der Waals surface area contributed by atoms with Crippen LogP contribution in [0, 0.1) is 0 Å². The van der Waals surface area contributed by atoms with Gasteiger partial charge < -0.3 is 14.8 Å². The Morgan fingerprint density at radius 3 is 2.95 bits per heavy atom. The highest BCUT2D eigenvalue weighted by molar-refractivity contribution is 7.13. The molecular formula is C13H15N3O3S. The van der Waals surface area contributed by atoms with Gasteiger partial charge in [-0.3, -0.25) is 4.79 Å². The molecule has 0 aliphatic heterocycles. The molecule has 0 unspecified atom stereocenters. The number of hydrogen-bond donors (Lipinski definition) is 1. The second-order valence-corrected chi connectivity index (χ2v) is 4.70. The number of hydrogen-bond acceptors (Lipinski definition) is 7. The molecule has 0 spiro atoms. The zero-order valence-electron chi connectivity index (χ0n) is 11.3. The predicted molar refractivity (Wildman–Crippen MR) is 76.5 cm³/mol. The zero-order valence-corrected chi connectivity index (χ0v) is 12.1. The molecule has 2 rings (SSSR count). The van der Waals surface area contributed by atoms with Crippen molar-refractivity contribution in [3.05, 3.63) is 29.4 Å². The maximum absolute atomic E-state index is 11.3. The smallest absolute Gasteiger partial charge is 0.311 e. The van der Waals surface area contributed by atoms with E-state index in [1.54, 1.807) is 26.3 Å². The molecule has 0 saturated heterocycles. The molecule has 7 heteroatoms. The third-order valence-corrected chi connectivity index (χ3v) is 3.19. The molecule has 0 atom stereocenters. The maximum atomic E-state index is 11.3. The van der Waals surface area contributed by atoms with Gasteiger partial charge in [-0.15, -0.1) is 11.3 Å². The van der Waals surface area contributed by atoms with Crippen LogP contribution in [-0.2, 0) is 16.0 Å². The summed E-state index contributed by atoms with van der Waals surface area (Å²) in [6, 6.07) is 3.60. The number of methoxy groups -OCH3 is 1. The van der Waals surface area contributed by atoms with Crippen molar-refractivity contribution >= 4 is 28.1 Å². The lowest BCUT2D eigenvalue weighted by Crippen LogP contribution is -2.07. The number of carbonyl (C=O) groups excluding carboxylic acids is 1. The van der Waals surface area contributed by atoms with Crippen molar-refractivity contribution < 1.29 is 14.3 Å². The van der Waals surface area contributed by atoms with E-state index >= 15 is 0 Å². The number of ether oxygens (including phenoxy) is 2. The first-order valence-corrected chi connectivity index (χ1v) is 6.96. The molecule has 6 nitrogen and oxygen atoms in total. The third-order valence-electron chi connectivity index (χ3n) is 2.38. The molecule has 0 radical (unpaired) electrons. The van der Waals surface area contributed by atoms with E-state index in [1.165, 1.54) is 11.3 Å². The van der Waals surface area contributed by atoms with Gasteiger partial charge in [0, 0.05) is 11.4 Å². The highest BCUT2D eigenvalue weighted by atomic mass is 32.1. The molecule has 106 valence electrons. The first-order valence-electron chi connectivity index (χ1n) is 6.08. The Balaban J connectivity index is 1.96. The summed E-state index contributed by atoms with van der Waals surface area (Å²) in [5, 5.41) is 5.65. The van der Waals surface area contributed by atoms with E-state index in [2.05, 4.69) is 15.3 Å². The number of nitrogens with zero attached hydrogens (tertiary/aromatic N) is 2. The van der Waals surface area contributed by atoms with Gasteiger partial charge in [0.05, 0.1) is 37.7 Å². The van der Waals surface area contributed by atoms with Crippen LogP contribution in [0.4, 0.5) is 10.8 Å². The molecule has 0 aromatic carbocycles. The number of rotatable bonds is 6. The number of esters is 1. The van der Waals surface area contributed by atoms with Gasteiger partial charge in [0.1, 0.15) is 0 Å². The van der Waals surface area contributed by atoms with E-state index in [0.717, 1.165) is 5.69 Å². The maximum Gasteiger partial charge on any atom is 0.311 e. The zero-order chi connectivity index (χ0) is 14.4. The number of pyridine rings is 1. The van der Waals surface area contributed by atoms with Crippen LogP contribution in [0.25, 0.3) is 0 Å². The molecule has 0 fully saturated rings. The van der Waals surface area contributed by atoms with Crippen LogP contribution in [0.15, 0.2) is 23.7 Å². The van der Waals surface area contributed by atoms with Crippen molar-refractivity contribution in [3.63, 3.8) is 0 Å². The van der Waals surface area contributed by atoms with Crippen LogP contribution in [0.5, 0.6) is 5.88 Å². The van der Waals surface area contributed by atoms with Gasteiger partial charge in [-0.1, -0.05) is 0 Å². The summed E-state index contributed by atoms with van der Waals surface area (Å²) in [4.78, 5) is 19.8. The fraction of sp³-hybridized carbons (Fsp3) is 0.308. The summed E-state index contributed by atoms with van der Waals surface area (Å²) in [6.45, 7) is 2.16. The molecule has 20 heavy (non-hydrogen) atoms. The van der Waals surface area contributed by atoms with Crippen LogP contribution in [0.3, 0.4) is 0 Å². The first-order chi connectivity index (χ1) is 9.71. The number of anilines is 2. The Hall–Kier alpha value is -2.15. The van der Waals surface area contributed by atoms with Gasteiger partial charge in [0.2, 0.25) is 5.88 Å². The lowest BCUT2D eigenvalue weighted by Gasteiger charge is -2.03. The van der Waals surface area contributed by atoms with Crippen LogP contribution >= 0.6 is 11.3 Å². The van der Waals surface area contributed by atoms with Crippen molar-refractivity contribution in [2.45, 2.75) is 13.3 Å². The minimum atomic E-state index is -0.268. The summed E-state index contributed by atoms with van der Waals surface area (Å²) >= 11 is 1.43. The van der Waals surface area contributed by atoms with E-state index in [1.807, 2.05) is 11.4 Å². The van der Waals surface area contributed by atoms with Crippen LogP contribution in [-0.4, -0.2) is 29.7 Å². The van der Waals surface area contributed by atoms with E-state index in [9.17, 15) is 4.79 Å². The van der Waals surface area contributed by atoms with E-state index in [-0.39, 0.29) is 12.4 Å². The molecule has 0 aliphatic rings. The molecule has 0 amide bonds. The van der Waals surface area contributed by atoms with Gasteiger partial charge in [-0.05, 0) is 13.0 Å². The first kappa shape index (κ1) is 14.3. The Bertz CT molecular complexity index is 568. The van der Waals surface area contributed by atoms with Crippen LogP contribution < -0.4 is 10.1 Å². The van der Waals surface area contributed by atoms with Crippen molar-refractivity contribution in [3.8, 4) is 5.88 Å². The van der Waals surface area contributed by atoms with E-state index in [4.69, 9.17) is 9.47 Å². The van der Waals surface area contributed by atoms with Crippen molar-refractivity contribution in [1.82, 2.24) is 9.97 Å². The molecule has 0 aliphatic carbocycles. The largest absolute Gasteiger partial charge is 0.481 e. The molecule has 0 bridgehead atoms. The number of thiazole rings is 1. The number of aromatic nitrogens is 2. The lowest BCUT2D eigenvalue weighted by molar-refractivity contribution is -0.142. The Morgan fingerprint density at radius 2 is 2.30 bits per heavy atom. The lowest BCUT2D eigenvalue weighted by atomic mass is 10.3. The average molecular weight is 293 g/mol. The Morgan fingerprint density at radius 1 is 1.45 bits per heavy atom. The van der Waals surface area contributed by atoms with Crippen LogP contribution in [0.2, 0.25) is 0 Å². The summed E-state index contributed by atoms with van der Waals surface area (Å²) in [5.41, 5.74) is 1.50. The molecule has 2 aromatic rings. The average Bonchev–Trinajstić information content (AvgIpc) is 2.87. The standard InChI is InChI=1S/C13H15N3O3S/c1-3-19-12(17)6-10-8-20-13(16-10)15-9-4-5-11(18-2)14-7-9/h4-5,7-8H,3,6H2,1-2H3,(H,15,16). The molecule has 2 heterocycles. The van der Waals surface area contributed by atoms with E-state index < -0.39 is 0 Å². The second kappa shape index (κ2) is 6.85. The SMILES string of the molecule is CCOC(=O)Cc1csc(Nc2ccc(OC)nc2)n1. The number of carbonyl (C=O) groups is 1. The second-order valence-electron chi connectivity index (χ2n) is 3.84. The fourth-order valence-corrected chi connectivity index (χ4v) is 2.23. The topological polar surface area (TPSA) is 73.3 Å². The molecule has 0 saturated carbocycles. The summed E-state index contributed by atoms with van der Waals surface area (Å²) in [6.07, 6.45) is 1.85. The molecular weight excluding hydrogens is 278 g/mol. The third kappa shape index (κ3) is 3.92. The van der Waals surface area contributed by atoms with Gasteiger partial charge in [-0.25, -0.2) is 9.97 Å². The normalized spacial score (nSPS) is 10.1. The quantitative estimate of drug-likeness (QED) is 0.824. The summed E-state index contributed by atoms with van der Waals surface area (Å²) < 4.78 is 9.87. The summed E-state index contributed by atoms with van der Waals surface area (Å²) in [5.74, 6) is 0.285. The van der Waals surface area contributed by atoms with Gasteiger partial charge in [0.15, 0.2) is 5.13 Å². The van der Waals surface area contributed by atoms with E-state index in [0.29, 0.717) is 23.3 Å². The van der Waals surface area contributed by atoms with Crippen molar-refractivity contribution in [2.24, 2.45) is 0 Å². The highest BCUT2D eigenvalue weighted by Gasteiger charge is 2.08. The minimum Gasteiger partial charge on any atom is -0.481 e. The fourth-order valence-electron chi connectivity index (χ4n) is 1.50. The van der Waals surface area contributed by atoms with Crippen LogP contribution in [0.1, 0.15) is 12.6 Å². The number of nitrogens with one attached hydrogen (secondary N) is 1. The monoisotopic (exact) mass is 293 g/mol. The van der Waals surface area contributed by atoms with Gasteiger partial charge in [-0.2, -0.15) is 0 Å². The van der Waals surface area contributed by atoms with Crippen molar-refractivity contribution in [2.75, 3.05) is 19.0 Å². The Kier molecular flexibility index (Phi) is 4.89. The molecule has 2 aromatic heterocycles. The van der Waals surface area contributed by atoms with Crippen molar-refractivity contribution in [1.29, 1.82) is 0 Å². The van der Waals surface area contributed by atoms with Gasteiger partial charge in [0.25, 0.3) is 0 Å². The molecule has 1 N–H and O–H groups in total. The summed E-state index contributed by atoms with van der Waals surface area (Å²) in [7, 11) is 1.57.